The molecule has 1 fully saturated rings. The number of rotatable bonds is 9. The minimum Gasteiger partial charge on any atom is -0.490 e. The van der Waals surface area contributed by atoms with Gasteiger partial charge in [-0.05, 0) is 31.2 Å². The van der Waals surface area contributed by atoms with E-state index in [0.29, 0.717) is 33.7 Å². The molecule has 2 aromatic rings. The molecule has 1 aliphatic heterocycles. The molecular formula is C22H20N2O5S2. The summed E-state index contributed by atoms with van der Waals surface area (Å²) in [5.41, 5.74) is 1.46. The Morgan fingerprint density at radius 1 is 1.19 bits per heavy atom. The molecule has 1 saturated heterocycles. The quantitative estimate of drug-likeness (QED) is 0.134. The number of hydrogen-bond acceptors (Lipinski definition) is 7. The number of aryl methyl sites for hydroxylation is 1. The second-order valence-electron chi connectivity index (χ2n) is 6.57. The van der Waals surface area contributed by atoms with Crippen molar-refractivity contribution in [3.63, 3.8) is 0 Å². The second-order valence-corrected chi connectivity index (χ2v) is 8.25. The maximum Gasteiger partial charge on any atom is 0.270 e. The molecule has 0 bridgehead atoms. The molecule has 0 N–H and O–H groups in total. The molecule has 7 nitrogen and oxygen atoms in total. The van der Waals surface area contributed by atoms with Crippen LogP contribution in [0.25, 0.3) is 6.08 Å². The van der Waals surface area contributed by atoms with Crippen molar-refractivity contribution in [3.05, 3.63) is 81.3 Å². The summed E-state index contributed by atoms with van der Waals surface area (Å²) >= 11 is 6.38. The van der Waals surface area contributed by atoms with Crippen LogP contribution in [0.3, 0.4) is 0 Å². The summed E-state index contributed by atoms with van der Waals surface area (Å²) in [7, 11) is 0. The summed E-state index contributed by atoms with van der Waals surface area (Å²) in [6.45, 7) is 6.44. The molecule has 0 spiro atoms. The fourth-order valence-corrected chi connectivity index (χ4v) is 4.03. The molecule has 160 valence electrons. The monoisotopic (exact) mass is 456 g/mol. The van der Waals surface area contributed by atoms with Gasteiger partial charge in [0.25, 0.3) is 11.6 Å². The zero-order valence-corrected chi connectivity index (χ0v) is 18.4. The molecule has 1 amide bonds. The van der Waals surface area contributed by atoms with Crippen LogP contribution in [0.15, 0.2) is 60.0 Å². The van der Waals surface area contributed by atoms with Gasteiger partial charge in [0.2, 0.25) is 0 Å². The van der Waals surface area contributed by atoms with Crippen molar-refractivity contribution in [2.75, 3.05) is 19.8 Å². The Morgan fingerprint density at radius 3 is 2.58 bits per heavy atom. The molecule has 0 aromatic heterocycles. The summed E-state index contributed by atoms with van der Waals surface area (Å²) in [6, 6.07) is 11.9. The third-order valence-corrected chi connectivity index (χ3v) is 5.68. The Labute approximate surface area is 189 Å². The predicted octanol–water partition coefficient (Wildman–Crippen LogP) is 4.75. The summed E-state index contributed by atoms with van der Waals surface area (Å²) < 4.78 is 11.9. The van der Waals surface area contributed by atoms with E-state index in [1.807, 2.05) is 31.2 Å². The first-order chi connectivity index (χ1) is 14.9. The fourth-order valence-electron chi connectivity index (χ4n) is 2.77. The standard InChI is InChI=1S/C22H20N2O5S2/c1-3-10-23-21(25)20(31-22(23)30)14-16-13-17(24(26)27)6-9-19(16)29-12-11-28-18-7-4-15(2)5-8-18/h3-9,13-14H,1,10-12H2,2H3/b20-14-. The second kappa shape index (κ2) is 10.2. The Bertz CT molecular complexity index is 1050. The van der Waals surface area contributed by atoms with Gasteiger partial charge in [-0.1, -0.05) is 47.8 Å². The van der Waals surface area contributed by atoms with E-state index in [-0.39, 0.29) is 18.2 Å². The van der Waals surface area contributed by atoms with Crippen molar-refractivity contribution < 1.29 is 19.2 Å². The van der Waals surface area contributed by atoms with Crippen LogP contribution in [0.5, 0.6) is 11.5 Å². The van der Waals surface area contributed by atoms with Gasteiger partial charge in [-0.25, -0.2) is 0 Å². The van der Waals surface area contributed by atoms with Gasteiger partial charge in [-0.3, -0.25) is 19.8 Å². The molecular weight excluding hydrogens is 436 g/mol. The van der Waals surface area contributed by atoms with Crippen LogP contribution in [-0.2, 0) is 4.79 Å². The maximum absolute atomic E-state index is 12.6. The van der Waals surface area contributed by atoms with E-state index >= 15 is 0 Å². The van der Waals surface area contributed by atoms with Gasteiger partial charge < -0.3 is 9.47 Å². The van der Waals surface area contributed by atoms with E-state index in [9.17, 15) is 14.9 Å². The van der Waals surface area contributed by atoms with E-state index < -0.39 is 4.92 Å². The average Bonchev–Trinajstić information content (AvgIpc) is 3.01. The number of carbonyl (C=O) groups is 1. The third-order valence-electron chi connectivity index (χ3n) is 4.31. The number of benzene rings is 2. The number of ether oxygens (including phenoxy) is 2. The summed E-state index contributed by atoms with van der Waals surface area (Å²) in [6.07, 6.45) is 3.15. The number of nitrogens with zero attached hydrogens (tertiary/aromatic N) is 2. The van der Waals surface area contributed by atoms with Crippen molar-refractivity contribution in [2.24, 2.45) is 0 Å². The minimum absolute atomic E-state index is 0.101. The third kappa shape index (κ3) is 5.71. The molecule has 0 saturated carbocycles. The molecule has 9 heteroatoms. The number of thiocarbonyl (C=S) groups is 1. The van der Waals surface area contributed by atoms with Crippen LogP contribution in [-0.4, -0.2) is 39.8 Å². The van der Waals surface area contributed by atoms with E-state index in [0.717, 1.165) is 23.1 Å². The number of nitro benzene ring substituents is 1. The molecule has 1 heterocycles. The van der Waals surface area contributed by atoms with Crippen molar-refractivity contribution in [2.45, 2.75) is 6.92 Å². The number of nitro groups is 1. The Hall–Kier alpha value is -3.17. The average molecular weight is 457 g/mol. The SMILES string of the molecule is C=CCN1C(=O)/C(=C/c2cc([N+](=O)[O-])ccc2OCCOc2ccc(C)cc2)SC1=S. The number of thioether (sulfide) groups is 1. The summed E-state index contributed by atoms with van der Waals surface area (Å²) in [4.78, 5) is 25.1. The van der Waals surface area contributed by atoms with Crippen LogP contribution >= 0.6 is 24.0 Å². The van der Waals surface area contributed by atoms with Crippen molar-refractivity contribution in [3.8, 4) is 11.5 Å². The van der Waals surface area contributed by atoms with Crippen molar-refractivity contribution in [1.29, 1.82) is 0 Å². The number of carbonyl (C=O) groups excluding carboxylic acids is 1. The first-order valence-corrected chi connectivity index (χ1v) is 10.6. The van der Waals surface area contributed by atoms with Crippen LogP contribution in [0, 0.1) is 17.0 Å². The highest BCUT2D eigenvalue weighted by molar-refractivity contribution is 8.26. The summed E-state index contributed by atoms with van der Waals surface area (Å²) in [5, 5.41) is 11.2. The van der Waals surface area contributed by atoms with E-state index in [4.69, 9.17) is 21.7 Å². The zero-order valence-electron chi connectivity index (χ0n) is 16.8. The van der Waals surface area contributed by atoms with Crippen LogP contribution in [0.2, 0.25) is 0 Å². The molecule has 1 aliphatic rings. The van der Waals surface area contributed by atoms with E-state index in [1.54, 1.807) is 12.2 Å². The molecule has 2 aromatic carbocycles. The van der Waals surface area contributed by atoms with E-state index in [1.165, 1.54) is 23.1 Å². The van der Waals surface area contributed by atoms with Crippen LogP contribution in [0.4, 0.5) is 5.69 Å². The predicted molar refractivity (Wildman–Crippen MR) is 125 cm³/mol. The summed E-state index contributed by atoms with van der Waals surface area (Å²) in [5.74, 6) is 0.867. The lowest BCUT2D eigenvalue weighted by atomic mass is 10.1. The van der Waals surface area contributed by atoms with Crippen molar-refractivity contribution >= 4 is 46.0 Å². The number of hydrogen-bond donors (Lipinski definition) is 0. The topological polar surface area (TPSA) is 81.9 Å². The highest BCUT2D eigenvalue weighted by Gasteiger charge is 2.31. The normalized spacial score (nSPS) is 14.7. The lowest BCUT2D eigenvalue weighted by molar-refractivity contribution is -0.384. The molecule has 0 aliphatic carbocycles. The number of non-ortho nitro benzene ring substituents is 1. The minimum atomic E-state index is -0.495. The molecule has 3 rings (SSSR count). The first kappa shape index (κ1) is 22.5. The Balaban J connectivity index is 1.75. The highest BCUT2D eigenvalue weighted by atomic mass is 32.2. The van der Waals surface area contributed by atoms with Gasteiger partial charge in [0.05, 0.1) is 9.83 Å². The van der Waals surface area contributed by atoms with Gasteiger partial charge in [-0.15, -0.1) is 6.58 Å². The lowest BCUT2D eigenvalue weighted by Crippen LogP contribution is -2.27. The lowest BCUT2D eigenvalue weighted by Gasteiger charge is -2.11. The molecule has 0 atom stereocenters. The van der Waals surface area contributed by atoms with E-state index in [2.05, 4.69) is 6.58 Å². The maximum atomic E-state index is 12.6. The molecule has 31 heavy (non-hydrogen) atoms. The number of amides is 1. The van der Waals surface area contributed by atoms with Crippen molar-refractivity contribution in [1.82, 2.24) is 4.90 Å². The van der Waals surface area contributed by atoms with Gasteiger partial charge >= 0.3 is 0 Å². The Kier molecular flexibility index (Phi) is 7.43. The Morgan fingerprint density at radius 2 is 1.90 bits per heavy atom. The molecule has 0 unspecified atom stereocenters. The van der Waals surface area contributed by atoms with Gasteiger partial charge in [0, 0.05) is 24.2 Å². The molecule has 0 radical (unpaired) electrons. The first-order valence-electron chi connectivity index (χ1n) is 9.36. The van der Waals surface area contributed by atoms with Gasteiger partial charge in [-0.2, -0.15) is 0 Å². The zero-order chi connectivity index (χ0) is 22.4. The van der Waals surface area contributed by atoms with Crippen LogP contribution in [0.1, 0.15) is 11.1 Å². The van der Waals surface area contributed by atoms with Gasteiger partial charge in [0.1, 0.15) is 29.0 Å². The highest BCUT2D eigenvalue weighted by Crippen LogP contribution is 2.35. The van der Waals surface area contributed by atoms with Crippen LogP contribution < -0.4 is 9.47 Å². The van der Waals surface area contributed by atoms with Gasteiger partial charge in [0.15, 0.2) is 0 Å². The smallest absolute Gasteiger partial charge is 0.270 e. The fraction of sp³-hybridized carbons (Fsp3) is 0.182. The largest absolute Gasteiger partial charge is 0.490 e.